The van der Waals surface area contributed by atoms with Crippen molar-refractivity contribution in [3.05, 3.63) is 99.9 Å². The number of benzene rings is 3. The number of nitro groups is 1. The fourth-order valence-corrected chi connectivity index (χ4v) is 3.50. The van der Waals surface area contributed by atoms with Crippen LogP contribution in [0, 0.1) is 10.1 Å². The maximum atomic E-state index is 12.6. The van der Waals surface area contributed by atoms with E-state index in [1.807, 2.05) is 0 Å². The molecule has 0 aromatic heterocycles. The van der Waals surface area contributed by atoms with Crippen LogP contribution in [0.3, 0.4) is 0 Å². The number of nitrogens with zero attached hydrogens (tertiary/aromatic N) is 3. The van der Waals surface area contributed by atoms with Gasteiger partial charge in [0.15, 0.2) is 5.70 Å². The summed E-state index contributed by atoms with van der Waals surface area (Å²) >= 11 is 0. The van der Waals surface area contributed by atoms with E-state index in [0.29, 0.717) is 0 Å². The Balaban J connectivity index is 1.76. The molecule has 0 aliphatic carbocycles. The predicted octanol–water partition coefficient (Wildman–Crippen LogP) is 4.01. The van der Waals surface area contributed by atoms with Gasteiger partial charge in [-0.1, -0.05) is 18.2 Å². The van der Waals surface area contributed by atoms with Crippen molar-refractivity contribution < 1.29 is 28.0 Å². The summed E-state index contributed by atoms with van der Waals surface area (Å²) in [6.45, 7) is 1.21. The first kappa shape index (κ1) is 26.7. The van der Waals surface area contributed by atoms with E-state index in [9.17, 15) is 33.2 Å². The molecule has 0 unspecified atom stereocenters. The number of nitrogens with two attached hydrogens (primary N) is 1. The van der Waals surface area contributed by atoms with Gasteiger partial charge in [0, 0.05) is 29.1 Å². The summed E-state index contributed by atoms with van der Waals surface area (Å²) in [4.78, 5) is 35.3. The minimum Gasteiger partial charge on any atom is -0.510 e. The van der Waals surface area contributed by atoms with E-state index in [1.54, 1.807) is 0 Å². The molecule has 0 bridgehead atoms. The van der Waals surface area contributed by atoms with E-state index >= 15 is 0 Å². The minimum atomic E-state index is -3.95. The lowest BCUT2D eigenvalue weighted by Gasteiger charge is -2.07. The molecule has 0 radical (unpaired) electrons. The largest absolute Gasteiger partial charge is 0.510 e. The molecule has 3 aromatic carbocycles. The molecular weight excluding hydrogens is 504 g/mol. The number of allylic oxidation sites excluding steroid dienone is 1. The van der Waals surface area contributed by atoms with Gasteiger partial charge in [-0.15, -0.1) is 5.11 Å². The molecule has 3 rings (SSSR count). The Morgan fingerprint density at radius 3 is 2.27 bits per heavy atom. The molecule has 0 aliphatic heterocycles. The van der Waals surface area contributed by atoms with Crippen LogP contribution < -0.4 is 15.8 Å². The van der Waals surface area contributed by atoms with Gasteiger partial charge in [-0.2, -0.15) is 5.11 Å². The zero-order chi connectivity index (χ0) is 27.2. The summed E-state index contributed by atoms with van der Waals surface area (Å²) < 4.78 is 23.0. The average molecular weight is 525 g/mol. The van der Waals surface area contributed by atoms with E-state index in [0.717, 1.165) is 6.07 Å². The van der Waals surface area contributed by atoms with Gasteiger partial charge in [-0.05, 0) is 49.4 Å². The third kappa shape index (κ3) is 7.27. The van der Waals surface area contributed by atoms with Crippen molar-refractivity contribution in [1.82, 2.24) is 0 Å². The molecule has 0 heterocycles. The Morgan fingerprint density at radius 2 is 1.62 bits per heavy atom. The van der Waals surface area contributed by atoms with Gasteiger partial charge in [-0.25, -0.2) is 13.6 Å². The summed E-state index contributed by atoms with van der Waals surface area (Å²) in [5.74, 6) is -1.91. The Morgan fingerprint density at radius 1 is 0.973 bits per heavy atom. The highest BCUT2D eigenvalue weighted by Crippen LogP contribution is 2.21. The lowest BCUT2D eigenvalue weighted by atomic mass is 10.2. The summed E-state index contributed by atoms with van der Waals surface area (Å²) in [6.07, 6.45) is 0. The number of anilines is 2. The fraction of sp³-hybridized carbons (Fsp3) is 0.0435. The number of rotatable bonds is 8. The molecule has 37 heavy (non-hydrogen) atoms. The Kier molecular flexibility index (Phi) is 8.06. The van der Waals surface area contributed by atoms with Gasteiger partial charge in [0.25, 0.3) is 17.5 Å². The molecule has 0 aliphatic rings. The van der Waals surface area contributed by atoms with E-state index in [2.05, 4.69) is 20.9 Å². The zero-order valence-corrected chi connectivity index (χ0v) is 20.0. The van der Waals surface area contributed by atoms with Crippen LogP contribution in [0.25, 0.3) is 0 Å². The van der Waals surface area contributed by atoms with Crippen molar-refractivity contribution >= 4 is 44.6 Å². The summed E-state index contributed by atoms with van der Waals surface area (Å²) in [5, 5.41) is 38.5. The van der Waals surface area contributed by atoms with Crippen molar-refractivity contribution in [2.75, 3.05) is 10.6 Å². The predicted molar refractivity (Wildman–Crippen MR) is 134 cm³/mol. The average Bonchev–Trinajstić information content (AvgIpc) is 2.84. The third-order valence-corrected chi connectivity index (χ3v) is 5.58. The fourth-order valence-electron chi connectivity index (χ4n) is 2.94. The Labute approximate surface area is 210 Å². The smallest absolute Gasteiger partial charge is 0.279 e. The van der Waals surface area contributed by atoms with E-state index in [-0.39, 0.29) is 33.2 Å². The number of nitrogens with one attached hydrogen (secondary N) is 2. The number of primary sulfonamides is 1. The molecule has 190 valence electrons. The highest BCUT2D eigenvalue weighted by Gasteiger charge is 2.16. The van der Waals surface area contributed by atoms with Crippen LogP contribution in [0.4, 0.5) is 22.7 Å². The Hall–Kier alpha value is -4.95. The number of hydrogen-bond acceptors (Lipinski definition) is 9. The molecule has 0 fully saturated rings. The molecule has 5 N–H and O–H groups in total. The molecule has 14 heteroatoms. The SMILES string of the molecule is CC(O)=C(N=Nc1cccc(C(=O)Nc2cccc(S(N)(=O)=O)c2)c1)C(=O)Nc1cccc([N+](=O)[O-])c1. The van der Waals surface area contributed by atoms with Gasteiger partial charge in [0.2, 0.25) is 10.0 Å². The molecule has 13 nitrogen and oxygen atoms in total. The number of nitro benzene ring substituents is 1. The van der Waals surface area contributed by atoms with Crippen LogP contribution in [0.2, 0.25) is 0 Å². The van der Waals surface area contributed by atoms with Crippen LogP contribution >= 0.6 is 0 Å². The number of sulfonamides is 1. The van der Waals surface area contributed by atoms with E-state index in [1.165, 1.54) is 73.7 Å². The standard InChI is InChI=1S/C23H20N6O7S/c1-14(30)21(23(32)26-16-6-3-9-19(12-16)29(33)34)28-27-18-8-2-5-15(11-18)22(31)25-17-7-4-10-20(13-17)37(24,35)36/h2-13,30H,1H3,(H,25,31)(H,26,32)(H2,24,35,36). The number of hydrogen-bond donors (Lipinski definition) is 4. The molecule has 3 aromatic rings. The minimum absolute atomic E-state index is 0.110. The lowest BCUT2D eigenvalue weighted by molar-refractivity contribution is -0.384. The number of non-ortho nitro benzene ring substituents is 1. The van der Waals surface area contributed by atoms with Crippen molar-refractivity contribution in [2.45, 2.75) is 11.8 Å². The third-order valence-electron chi connectivity index (χ3n) is 4.67. The van der Waals surface area contributed by atoms with E-state index < -0.39 is 38.2 Å². The van der Waals surface area contributed by atoms with Gasteiger partial charge in [-0.3, -0.25) is 19.7 Å². The molecule has 0 saturated carbocycles. The van der Waals surface area contributed by atoms with E-state index in [4.69, 9.17) is 5.14 Å². The Bertz CT molecular complexity index is 1550. The highest BCUT2D eigenvalue weighted by molar-refractivity contribution is 7.89. The van der Waals surface area contributed by atoms with Crippen LogP contribution in [0.15, 0.2) is 99.4 Å². The first-order chi connectivity index (χ1) is 17.4. The van der Waals surface area contributed by atoms with Crippen molar-refractivity contribution in [2.24, 2.45) is 15.4 Å². The second-order valence-electron chi connectivity index (χ2n) is 7.47. The topological polar surface area (TPSA) is 206 Å². The number of azo groups is 1. The maximum Gasteiger partial charge on any atom is 0.279 e. The van der Waals surface area contributed by atoms with Crippen LogP contribution in [0.5, 0.6) is 0 Å². The van der Waals surface area contributed by atoms with Gasteiger partial charge in [0.05, 0.1) is 15.5 Å². The summed E-state index contributed by atoms with van der Waals surface area (Å²) in [5.41, 5.74) is -0.0864. The summed E-state index contributed by atoms with van der Waals surface area (Å²) in [7, 11) is -3.95. The number of carbonyl (C=O) groups is 2. The molecule has 0 saturated heterocycles. The van der Waals surface area contributed by atoms with Gasteiger partial charge in [0.1, 0.15) is 5.76 Å². The first-order valence-corrected chi connectivity index (χ1v) is 11.9. The lowest BCUT2D eigenvalue weighted by Crippen LogP contribution is -2.15. The van der Waals surface area contributed by atoms with Crippen molar-refractivity contribution in [3.8, 4) is 0 Å². The molecular formula is C23H20N6O7S. The zero-order valence-electron chi connectivity index (χ0n) is 19.2. The van der Waals surface area contributed by atoms with Crippen LogP contribution in [-0.4, -0.2) is 30.3 Å². The normalized spacial score (nSPS) is 12.1. The second-order valence-corrected chi connectivity index (χ2v) is 9.03. The van der Waals surface area contributed by atoms with Gasteiger partial charge < -0.3 is 15.7 Å². The quantitative estimate of drug-likeness (QED) is 0.112. The number of amides is 2. The van der Waals surface area contributed by atoms with Crippen LogP contribution in [0.1, 0.15) is 17.3 Å². The van der Waals surface area contributed by atoms with Crippen LogP contribution in [-0.2, 0) is 14.8 Å². The number of aliphatic hydroxyl groups is 1. The molecule has 2 amide bonds. The molecule has 0 atom stereocenters. The second kappa shape index (κ2) is 11.2. The van der Waals surface area contributed by atoms with Crippen molar-refractivity contribution in [3.63, 3.8) is 0 Å². The van der Waals surface area contributed by atoms with Crippen molar-refractivity contribution in [1.29, 1.82) is 0 Å². The maximum absolute atomic E-state index is 12.6. The monoisotopic (exact) mass is 524 g/mol. The summed E-state index contributed by atoms with van der Waals surface area (Å²) in [6, 6.07) is 16.4. The number of aliphatic hydroxyl groups excluding tert-OH is 1. The number of carbonyl (C=O) groups excluding carboxylic acids is 2. The van der Waals surface area contributed by atoms with Gasteiger partial charge >= 0.3 is 0 Å². The molecule has 0 spiro atoms. The first-order valence-electron chi connectivity index (χ1n) is 10.4. The highest BCUT2D eigenvalue weighted by atomic mass is 32.2.